The van der Waals surface area contributed by atoms with Gasteiger partial charge in [-0.1, -0.05) is 30.3 Å². The number of amides is 1. The lowest BCUT2D eigenvalue weighted by molar-refractivity contribution is -0.151. The largest absolute Gasteiger partial charge is 0.455 e. The number of aromatic nitrogens is 1. The lowest BCUT2D eigenvalue weighted by Gasteiger charge is -2.36. The van der Waals surface area contributed by atoms with Gasteiger partial charge in [-0.25, -0.2) is 0 Å². The van der Waals surface area contributed by atoms with E-state index in [1.165, 1.54) is 6.07 Å². The molecule has 0 N–H and O–H groups in total. The van der Waals surface area contributed by atoms with Crippen LogP contribution in [-0.4, -0.2) is 54.5 Å². The predicted molar refractivity (Wildman–Crippen MR) is 117 cm³/mol. The Bertz CT molecular complexity index is 1150. The summed E-state index contributed by atoms with van der Waals surface area (Å²) in [5.74, 6) is -0.854. The Balaban J connectivity index is 1.28. The number of fused-ring (bicyclic) bond motifs is 1. The molecular weight excluding hydrogens is 435 g/mol. The third kappa shape index (κ3) is 5.42. The van der Waals surface area contributed by atoms with Crippen LogP contribution in [-0.2, 0) is 26.9 Å². The molecule has 33 heavy (non-hydrogen) atoms. The molecule has 3 aromatic rings. The monoisotopic (exact) mass is 457 g/mol. The van der Waals surface area contributed by atoms with Crippen LogP contribution in [0.1, 0.15) is 11.1 Å². The van der Waals surface area contributed by atoms with Crippen LogP contribution >= 0.6 is 0 Å². The van der Waals surface area contributed by atoms with E-state index in [9.17, 15) is 22.8 Å². The fourth-order valence-corrected chi connectivity index (χ4v) is 3.84. The fourth-order valence-electron chi connectivity index (χ4n) is 3.84. The second kappa shape index (κ2) is 9.48. The molecule has 1 aliphatic rings. The van der Waals surface area contributed by atoms with Crippen molar-refractivity contribution >= 4 is 28.5 Å². The lowest BCUT2D eigenvalue weighted by Crippen LogP contribution is -2.50. The maximum Gasteiger partial charge on any atom is 0.416 e. The molecule has 9 heteroatoms. The van der Waals surface area contributed by atoms with E-state index in [-0.39, 0.29) is 18.9 Å². The number of hydrogen-bond acceptors (Lipinski definition) is 5. The molecule has 1 amide bonds. The fraction of sp³-hybridized carbons (Fsp3) is 0.292. The molecule has 2 aromatic carbocycles. The van der Waals surface area contributed by atoms with Crippen LogP contribution in [0.15, 0.2) is 60.8 Å². The number of anilines is 1. The summed E-state index contributed by atoms with van der Waals surface area (Å²) in [5.41, 5.74) is 1.20. The number of esters is 1. The molecule has 6 nitrogen and oxygen atoms in total. The Kier molecular flexibility index (Phi) is 6.48. The quantitative estimate of drug-likeness (QED) is 0.547. The first-order chi connectivity index (χ1) is 15.8. The summed E-state index contributed by atoms with van der Waals surface area (Å²) >= 11 is 0. The summed E-state index contributed by atoms with van der Waals surface area (Å²) in [6.45, 7) is 1.08. The zero-order chi connectivity index (χ0) is 23.4. The van der Waals surface area contributed by atoms with Gasteiger partial charge in [0.15, 0.2) is 6.61 Å². The molecule has 1 aliphatic heterocycles. The number of hydrogen-bond donors (Lipinski definition) is 0. The van der Waals surface area contributed by atoms with Crippen LogP contribution in [0, 0.1) is 0 Å². The van der Waals surface area contributed by atoms with Gasteiger partial charge in [-0.3, -0.25) is 14.6 Å². The van der Waals surface area contributed by atoms with Gasteiger partial charge in [0.1, 0.15) is 0 Å². The van der Waals surface area contributed by atoms with Crippen molar-refractivity contribution in [3.63, 3.8) is 0 Å². The molecule has 0 spiro atoms. The molecule has 0 aliphatic carbocycles. The molecule has 0 saturated carbocycles. The molecule has 172 valence electrons. The van der Waals surface area contributed by atoms with Crippen LogP contribution in [0.2, 0.25) is 0 Å². The van der Waals surface area contributed by atoms with E-state index in [0.717, 1.165) is 23.1 Å². The van der Waals surface area contributed by atoms with Crippen molar-refractivity contribution in [3.05, 3.63) is 71.9 Å². The molecular formula is C24H22F3N3O3. The van der Waals surface area contributed by atoms with Crippen molar-refractivity contribution < 1.29 is 27.5 Å². The SMILES string of the molecule is O=C(Cc1cccc2cccnc12)OCC(=O)N1CCN(c2cccc(C(F)(F)F)c2)CC1. The lowest BCUT2D eigenvalue weighted by atomic mass is 10.1. The second-order valence-corrected chi connectivity index (χ2v) is 7.75. The number of piperazine rings is 1. The normalized spacial score (nSPS) is 14.4. The third-order valence-electron chi connectivity index (χ3n) is 5.58. The molecule has 4 rings (SSSR count). The molecule has 1 fully saturated rings. The minimum Gasteiger partial charge on any atom is -0.455 e. The molecule has 0 bridgehead atoms. The van der Waals surface area contributed by atoms with Crippen LogP contribution in [0.25, 0.3) is 10.9 Å². The number of halogens is 3. The number of rotatable bonds is 5. The number of pyridine rings is 1. The van der Waals surface area contributed by atoms with Crippen molar-refractivity contribution in [2.24, 2.45) is 0 Å². The van der Waals surface area contributed by atoms with E-state index < -0.39 is 17.7 Å². The molecule has 0 atom stereocenters. The predicted octanol–water partition coefficient (Wildman–Crippen LogP) is 3.69. The number of nitrogens with zero attached hydrogens (tertiary/aromatic N) is 3. The van der Waals surface area contributed by atoms with Crippen LogP contribution < -0.4 is 4.90 Å². The van der Waals surface area contributed by atoms with E-state index >= 15 is 0 Å². The summed E-state index contributed by atoms with van der Waals surface area (Å²) in [7, 11) is 0. The highest BCUT2D eigenvalue weighted by molar-refractivity contribution is 5.87. The van der Waals surface area contributed by atoms with E-state index in [2.05, 4.69) is 4.98 Å². The standard InChI is InChI=1S/C24H22F3N3O3/c25-24(26,27)19-7-2-8-20(15-19)29-10-12-30(13-11-29)21(31)16-33-22(32)14-18-5-1-4-17-6-3-9-28-23(17)18/h1-9,15H,10-14,16H2. The van der Waals surface area contributed by atoms with E-state index in [4.69, 9.17) is 4.74 Å². The summed E-state index contributed by atoms with van der Waals surface area (Å²) in [6, 6.07) is 14.4. The van der Waals surface area contributed by atoms with Gasteiger partial charge in [0.2, 0.25) is 0 Å². The maximum absolute atomic E-state index is 13.0. The molecule has 0 radical (unpaired) electrons. The summed E-state index contributed by atoms with van der Waals surface area (Å²) in [5, 5.41) is 0.914. The van der Waals surface area contributed by atoms with Crippen LogP contribution in [0.4, 0.5) is 18.9 Å². The van der Waals surface area contributed by atoms with Gasteiger partial charge in [0, 0.05) is 43.4 Å². The summed E-state index contributed by atoms with van der Waals surface area (Å²) in [6.07, 6.45) is -2.75. The number of carbonyl (C=O) groups excluding carboxylic acids is 2. The van der Waals surface area contributed by atoms with Gasteiger partial charge < -0.3 is 14.5 Å². The second-order valence-electron chi connectivity index (χ2n) is 7.75. The van der Waals surface area contributed by atoms with Crippen LogP contribution in [0.3, 0.4) is 0 Å². The maximum atomic E-state index is 13.0. The van der Waals surface area contributed by atoms with Gasteiger partial charge >= 0.3 is 12.1 Å². The number of ether oxygens (including phenoxy) is 1. The molecule has 2 heterocycles. The van der Waals surface area contributed by atoms with Gasteiger partial charge in [-0.15, -0.1) is 0 Å². The van der Waals surface area contributed by atoms with E-state index in [0.29, 0.717) is 37.4 Å². The number of para-hydroxylation sites is 1. The number of carbonyl (C=O) groups is 2. The minimum atomic E-state index is -4.40. The Morgan fingerprint density at radius 3 is 2.45 bits per heavy atom. The minimum absolute atomic E-state index is 0.00492. The summed E-state index contributed by atoms with van der Waals surface area (Å²) < 4.78 is 44.0. The molecule has 1 saturated heterocycles. The summed E-state index contributed by atoms with van der Waals surface area (Å²) in [4.78, 5) is 32.4. The molecule has 1 aromatic heterocycles. The highest BCUT2D eigenvalue weighted by Gasteiger charge is 2.31. The number of alkyl halides is 3. The first-order valence-corrected chi connectivity index (χ1v) is 10.5. The van der Waals surface area contributed by atoms with Crippen molar-refractivity contribution in [1.29, 1.82) is 0 Å². The topological polar surface area (TPSA) is 62.7 Å². The zero-order valence-electron chi connectivity index (χ0n) is 17.7. The average molecular weight is 457 g/mol. The van der Waals surface area contributed by atoms with E-state index in [1.54, 1.807) is 28.1 Å². The third-order valence-corrected chi connectivity index (χ3v) is 5.58. The highest BCUT2D eigenvalue weighted by atomic mass is 19.4. The Morgan fingerprint density at radius 2 is 1.70 bits per heavy atom. The Morgan fingerprint density at radius 1 is 0.970 bits per heavy atom. The van der Waals surface area contributed by atoms with Crippen molar-refractivity contribution in [3.8, 4) is 0 Å². The molecule has 0 unspecified atom stereocenters. The smallest absolute Gasteiger partial charge is 0.416 e. The van der Waals surface area contributed by atoms with Gasteiger partial charge in [0.05, 0.1) is 17.5 Å². The zero-order valence-corrected chi connectivity index (χ0v) is 17.7. The van der Waals surface area contributed by atoms with Crippen molar-refractivity contribution in [2.75, 3.05) is 37.7 Å². The van der Waals surface area contributed by atoms with Gasteiger partial charge in [0.25, 0.3) is 5.91 Å². The van der Waals surface area contributed by atoms with Crippen molar-refractivity contribution in [1.82, 2.24) is 9.88 Å². The number of benzene rings is 2. The van der Waals surface area contributed by atoms with Crippen molar-refractivity contribution in [2.45, 2.75) is 12.6 Å². The van der Waals surface area contributed by atoms with Crippen LogP contribution in [0.5, 0.6) is 0 Å². The van der Waals surface area contributed by atoms with E-state index in [1.807, 2.05) is 24.3 Å². The van der Waals surface area contributed by atoms with Gasteiger partial charge in [-0.2, -0.15) is 13.2 Å². The Hall–Kier alpha value is -3.62. The van der Waals surface area contributed by atoms with Gasteiger partial charge in [-0.05, 0) is 29.8 Å². The Labute approximate surface area is 188 Å². The average Bonchev–Trinajstić information content (AvgIpc) is 2.82. The first-order valence-electron chi connectivity index (χ1n) is 10.5. The first kappa shape index (κ1) is 22.6. The highest BCUT2D eigenvalue weighted by Crippen LogP contribution is 2.31.